The Hall–Kier alpha value is -0.610. The Morgan fingerprint density at radius 1 is 1.75 bits per heavy atom. The molecule has 0 spiro atoms. The summed E-state index contributed by atoms with van der Waals surface area (Å²) in [7, 11) is 0. The van der Waals surface area contributed by atoms with Gasteiger partial charge in [-0.3, -0.25) is 4.79 Å². The normalized spacial score (nSPS) is 21.6. The summed E-state index contributed by atoms with van der Waals surface area (Å²) < 4.78 is 4.68. The van der Waals surface area contributed by atoms with Crippen LogP contribution in [0.2, 0.25) is 0 Å². The third kappa shape index (κ3) is 2.19. The van der Waals surface area contributed by atoms with Gasteiger partial charge in [0.2, 0.25) is 0 Å². The molecule has 0 heterocycles. The van der Waals surface area contributed by atoms with Crippen LogP contribution in [-0.2, 0) is 9.53 Å². The van der Waals surface area contributed by atoms with Crippen LogP contribution in [0.15, 0.2) is 0 Å². The highest BCUT2D eigenvalue weighted by atomic mass is 16.5. The summed E-state index contributed by atoms with van der Waals surface area (Å²) in [6.45, 7) is 2.03. The van der Waals surface area contributed by atoms with Gasteiger partial charge in [0.25, 0.3) is 0 Å². The molecule has 0 saturated heterocycles. The van der Waals surface area contributed by atoms with Crippen molar-refractivity contribution in [2.24, 2.45) is 11.7 Å². The van der Waals surface area contributed by atoms with Crippen LogP contribution in [0.4, 0.5) is 0 Å². The van der Waals surface area contributed by atoms with E-state index in [1.807, 2.05) is 0 Å². The summed E-state index contributed by atoms with van der Waals surface area (Å²) in [4.78, 5) is 11.0. The predicted molar refractivity (Wildman–Crippen MR) is 43.3 cm³/mol. The Balaban J connectivity index is 2.33. The summed E-state index contributed by atoms with van der Waals surface area (Å²) in [5, 5.41) is 9.43. The first-order valence-electron chi connectivity index (χ1n) is 4.27. The smallest absolute Gasteiger partial charge is 0.325 e. The summed E-state index contributed by atoms with van der Waals surface area (Å²) in [6, 6.07) is -0.863. The molecule has 3 N–H and O–H groups in total. The third-order valence-corrected chi connectivity index (χ3v) is 2.03. The first kappa shape index (κ1) is 9.48. The van der Waals surface area contributed by atoms with Crippen molar-refractivity contribution in [3.63, 3.8) is 0 Å². The monoisotopic (exact) mass is 173 g/mol. The number of hydrogen-bond acceptors (Lipinski definition) is 4. The summed E-state index contributed by atoms with van der Waals surface area (Å²) >= 11 is 0. The Morgan fingerprint density at radius 3 is 2.75 bits per heavy atom. The van der Waals surface area contributed by atoms with Gasteiger partial charge in [-0.1, -0.05) is 0 Å². The number of aliphatic hydroxyl groups is 1. The third-order valence-electron chi connectivity index (χ3n) is 2.03. The average molecular weight is 173 g/mol. The fourth-order valence-corrected chi connectivity index (χ4v) is 1.11. The zero-order valence-corrected chi connectivity index (χ0v) is 7.19. The molecule has 1 fully saturated rings. The van der Waals surface area contributed by atoms with Crippen LogP contribution < -0.4 is 5.73 Å². The van der Waals surface area contributed by atoms with Gasteiger partial charge >= 0.3 is 5.97 Å². The van der Waals surface area contributed by atoms with Gasteiger partial charge in [0.1, 0.15) is 6.04 Å². The molecule has 12 heavy (non-hydrogen) atoms. The minimum absolute atomic E-state index is 0.212. The van der Waals surface area contributed by atoms with Gasteiger partial charge in [0.15, 0.2) is 0 Å². The lowest BCUT2D eigenvalue weighted by atomic mass is 10.1. The van der Waals surface area contributed by atoms with Crippen molar-refractivity contribution in [2.75, 3.05) is 6.61 Å². The maximum absolute atomic E-state index is 11.0. The maximum Gasteiger partial charge on any atom is 0.325 e. The highest BCUT2D eigenvalue weighted by molar-refractivity contribution is 5.76. The van der Waals surface area contributed by atoms with Crippen molar-refractivity contribution in [1.29, 1.82) is 0 Å². The van der Waals surface area contributed by atoms with E-state index in [-0.39, 0.29) is 5.92 Å². The lowest BCUT2D eigenvalue weighted by molar-refractivity contribution is -0.147. The molecule has 1 saturated carbocycles. The van der Waals surface area contributed by atoms with Gasteiger partial charge in [-0.2, -0.15) is 0 Å². The minimum Gasteiger partial charge on any atom is -0.465 e. The Morgan fingerprint density at radius 2 is 2.33 bits per heavy atom. The van der Waals surface area contributed by atoms with Gasteiger partial charge in [-0.25, -0.2) is 0 Å². The van der Waals surface area contributed by atoms with E-state index in [2.05, 4.69) is 4.74 Å². The van der Waals surface area contributed by atoms with Gasteiger partial charge in [0, 0.05) is 0 Å². The first-order valence-corrected chi connectivity index (χ1v) is 4.27. The van der Waals surface area contributed by atoms with Gasteiger partial charge in [-0.05, 0) is 25.7 Å². The second-order valence-electron chi connectivity index (χ2n) is 3.11. The lowest BCUT2D eigenvalue weighted by Gasteiger charge is -2.16. The molecular weight excluding hydrogens is 158 g/mol. The topological polar surface area (TPSA) is 72.5 Å². The summed E-state index contributed by atoms with van der Waals surface area (Å²) in [5.74, 6) is -0.290. The molecule has 0 bridgehead atoms. The Bertz CT molecular complexity index is 168. The molecule has 1 rings (SSSR count). The van der Waals surface area contributed by atoms with E-state index < -0.39 is 18.1 Å². The molecule has 1 aliphatic rings. The Labute approximate surface area is 71.7 Å². The van der Waals surface area contributed by atoms with Crippen molar-refractivity contribution in [3.05, 3.63) is 0 Å². The number of hydrogen-bond donors (Lipinski definition) is 2. The molecule has 4 nitrogen and oxygen atoms in total. The fourth-order valence-electron chi connectivity index (χ4n) is 1.11. The average Bonchev–Trinajstić information content (AvgIpc) is 2.84. The zero-order valence-electron chi connectivity index (χ0n) is 7.19. The highest BCUT2D eigenvalue weighted by Gasteiger charge is 2.37. The van der Waals surface area contributed by atoms with E-state index in [9.17, 15) is 9.90 Å². The van der Waals surface area contributed by atoms with Crippen LogP contribution in [-0.4, -0.2) is 29.8 Å². The van der Waals surface area contributed by atoms with E-state index >= 15 is 0 Å². The largest absolute Gasteiger partial charge is 0.465 e. The molecule has 0 amide bonds. The summed E-state index contributed by atoms with van der Waals surface area (Å²) in [5.41, 5.74) is 5.46. The first-order chi connectivity index (χ1) is 5.66. The van der Waals surface area contributed by atoms with Crippen LogP contribution in [0.1, 0.15) is 19.8 Å². The van der Waals surface area contributed by atoms with Crippen molar-refractivity contribution in [3.8, 4) is 0 Å². The number of carbonyl (C=O) groups is 1. The van der Waals surface area contributed by atoms with Crippen molar-refractivity contribution >= 4 is 5.97 Å². The van der Waals surface area contributed by atoms with E-state index in [1.54, 1.807) is 6.92 Å². The second kappa shape index (κ2) is 3.87. The number of rotatable bonds is 4. The highest BCUT2D eigenvalue weighted by Crippen LogP contribution is 2.33. The van der Waals surface area contributed by atoms with Gasteiger partial charge < -0.3 is 15.6 Å². The van der Waals surface area contributed by atoms with Crippen LogP contribution in [0, 0.1) is 5.92 Å². The molecule has 1 aliphatic carbocycles. The van der Waals surface area contributed by atoms with Crippen molar-refractivity contribution < 1.29 is 14.6 Å². The molecule has 2 atom stereocenters. The number of aliphatic hydroxyl groups excluding tert-OH is 1. The molecular formula is C8H15NO3. The maximum atomic E-state index is 11.0. The molecule has 4 heteroatoms. The van der Waals surface area contributed by atoms with Crippen LogP contribution in [0.5, 0.6) is 0 Å². The van der Waals surface area contributed by atoms with Gasteiger partial charge in [0.05, 0.1) is 12.7 Å². The van der Waals surface area contributed by atoms with Crippen LogP contribution >= 0.6 is 0 Å². The number of ether oxygens (including phenoxy) is 1. The molecule has 0 aromatic rings. The van der Waals surface area contributed by atoms with E-state index in [1.165, 1.54) is 0 Å². The zero-order chi connectivity index (χ0) is 9.14. The van der Waals surface area contributed by atoms with E-state index in [0.717, 1.165) is 12.8 Å². The lowest BCUT2D eigenvalue weighted by Crippen LogP contribution is -2.44. The standard InChI is InChI=1S/C8H15NO3/c1-2-12-8(11)6(9)7(10)5-3-4-5/h5-7,10H,2-4,9H2,1H3. The molecule has 70 valence electrons. The minimum atomic E-state index is -0.863. The molecule has 0 aromatic carbocycles. The second-order valence-corrected chi connectivity index (χ2v) is 3.11. The molecule has 0 aromatic heterocycles. The van der Waals surface area contributed by atoms with E-state index in [4.69, 9.17) is 5.73 Å². The quantitative estimate of drug-likeness (QED) is 0.570. The number of nitrogens with two attached hydrogens (primary N) is 1. The molecule has 0 aliphatic heterocycles. The predicted octanol–water partition coefficient (Wildman–Crippen LogP) is -0.352. The van der Waals surface area contributed by atoms with Crippen LogP contribution in [0.25, 0.3) is 0 Å². The van der Waals surface area contributed by atoms with Crippen molar-refractivity contribution in [2.45, 2.75) is 31.9 Å². The van der Waals surface area contributed by atoms with Gasteiger partial charge in [-0.15, -0.1) is 0 Å². The van der Waals surface area contributed by atoms with Crippen LogP contribution in [0.3, 0.4) is 0 Å². The van der Waals surface area contributed by atoms with E-state index in [0.29, 0.717) is 6.61 Å². The number of carbonyl (C=O) groups excluding carboxylic acids is 1. The fraction of sp³-hybridized carbons (Fsp3) is 0.875. The SMILES string of the molecule is CCOC(=O)C(N)C(O)C1CC1. The molecule has 2 unspecified atom stereocenters. The summed E-state index contributed by atoms with van der Waals surface area (Å²) in [6.07, 6.45) is 1.21. The molecule has 0 radical (unpaired) electrons. The number of esters is 1. The van der Waals surface area contributed by atoms with Crippen molar-refractivity contribution in [1.82, 2.24) is 0 Å². The Kier molecular flexibility index (Phi) is 3.05.